The van der Waals surface area contributed by atoms with Crippen LogP contribution < -0.4 is 33.2 Å². The lowest BCUT2D eigenvalue weighted by Gasteiger charge is -2.30. The number of esters is 1. The zero-order valence-electron chi connectivity index (χ0n) is 70.1. The summed E-state index contributed by atoms with van der Waals surface area (Å²) in [6.45, 7) is 35.9. The third-order valence-electron chi connectivity index (χ3n) is 16.5. The Morgan fingerprint density at radius 3 is 1.26 bits per heavy atom. The lowest BCUT2D eigenvalue weighted by molar-refractivity contribution is -0.140. The summed E-state index contributed by atoms with van der Waals surface area (Å²) in [6.07, 6.45) is 16.1. The molecule has 109 heavy (non-hydrogen) atoms. The minimum atomic E-state index is -0.211. The van der Waals surface area contributed by atoms with Crippen LogP contribution in [0.25, 0.3) is 0 Å². The summed E-state index contributed by atoms with van der Waals surface area (Å²) in [4.78, 5) is 99.3. The summed E-state index contributed by atoms with van der Waals surface area (Å²) in [5, 5.41) is 0. The van der Waals surface area contributed by atoms with E-state index in [2.05, 4.69) is 31.4 Å². The molecule has 2 fully saturated rings. The predicted molar refractivity (Wildman–Crippen MR) is 447 cm³/mol. The first-order chi connectivity index (χ1) is 51.6. The van der Waals surface area contributed by atoms with Crippen LogP contribution in [0, 0.1) is 32.1 Å². The summed E-state index contributed by atoms with van der Waals surface area (Å²) in [5.74, 6) is 7.42. The van der Waals surface area contributed by atoms with Gasteiger partial charge >= 0.3 is 5.97 Å². The Kier molecular flexibility index (Phi) is 59.3. The van der Waals surface area contributed by atoms with Crippen LogP contribution in [0.4, 0.5) is 0 Å². The largest absolute Gasteiger partial charge is 0.497 e. The van der Waals surface area contributed by atoms with Crippen molar-refractivity contribution in [1.29, 1.82) is 0 Å². The Balaban J connectivity index is -0.00000115. The van der Waals surface area contributed by atoms with Gasteiger partial charge in [0, 0.05) is 69.9 Å². The number of hydrogen-bond donors (Lipinski definition) is 0. The van der Waals surface area contributed by atoms with Gasteiger partial charge in [-0.15, -0.1) is 18.3 Å². The van der Waals surface area contributed by atoms with Gasteiger partial charge in [-0.3, -0.25) is 43.2 Å². The van der Waals surface area contributed by atoms with E-state index in [-0.39, 0.29) is 46.1 Å². The van der Waals surface area contributed by atoms with Crippen LogP contribution in [-0.4, -0.2) is 140 Å². The number of carbonyl (C=O) groups excluding carboxylic acids is 9. The van der Waals surface area contributed by atoms with Crippen molar-refractivity contribution in [1.82, 2.24) is 0 Å². The molecule has 0 spiro atoms. The standard InChI is InChI=1S/C11H14O4.C11H12OS.C11H14O.C10H12O3.2C9H10O2.C9H16O.C8H14O.C4H8O2.C4H10O.C3H8S/c1-7(12)8-5-9(13-2)11(15-4)10(6-8)14-3;1-3-8-13-11-7-5-4-6-10(11)9(2)12;1-7-5-8(2)11(10(4)12)9(3)6-7;1-7(11)10-8(12-2)5-4-6-9(10)13-3;1-7(10)8-3-5-9(11-2)6-4-8;1-7(10)8-4-3-5-9(6-8)11-2;1-8(10)9(2)6-4-3-5-7-9;1-7(9)8-5-3-2-4-6-8;1-3-6-4(2)5;1-3-5-4-2;1-3-4-2/h5-6H,1-4H3;3-7H,1,8H2,2H3;5-6H,1-4H3;4-6H,1-3H3;2*3-6H,1-2H3;3-7H2,1-2H3;8H,2-6H2,1H3;3H2,1-2H3;3-4H2,1-2H3;3H2,1-2H3. The number of Topliss-reactive ketones (excluding diaryl/α,β-unsaturated/α-hetero) is 8. The van der Waals surface area contributed by atoms with E-state index >= 15 is 0 Å². The van der Waals surface area contributed by atoms with E-state index in [0.29, 0.717) is 75.1 Å². The predicted octanol–water partition coefficient (Wildman–Crippen LogP) is 21.3. The van der Waals surface area contributed by atoms with Gasteiger partial charge in [-0.25, -0.2) is 0 Å². The van der Waals surface area contributed by atoms with Crippen molar-refractivity contribution in [2.45, 2.75) is 187 Å². The minimum Gasteiger partial charge on any atom is -0.497 e. The van der Waals surface area contributed by atoms with Gasteiger partial charge in [-0.2, -0.15) is 11.8 Å². The number of rotatable bonds is 22. The average Bonchev–Trinajstić information content (AvgIpc) is 0.848. The Morgan fingerprint density at radius 1 is 0.468 bits per heavy atom. The molecule has 6 aromatic carbocycles. The van der Waals surface area contributed by atoms with Crippen LogP contribution in [0.5, 0.6) is 40.2 Å². The Morgan fingerprint density at radius 2 is 0.927 bits per heavy atom. The van der Waals surface area contributed by atoms with Gasteiger partial charge in [0.15, 0.2) is 46.2 Å². The van der Waals surface area contributed by atoms with Crippen molar-refractivity contribution in [3.05, 3.63) is 178 Å². The van der Waals surface area contributed by atoms with Crippen molar-refractivity contribution in [2.75, 3.05) is 87.4 Å². The minimum absolute atomic E-state index is 0.0399. The van der Waals surface area contributed by atoms with Crippen molar-refractivity contribution in [3.8, 4) is 40.2 Å². The molecule has 0 unspecified atom stereocenters. The van der Waals surface area contributed by atoms with Crippen LogP contribution in [0.15, 0.2) is 133 Å². The summed E-state index contributed by atoms with van der Waals surface area (Å²) in [7, 11) is 10.8. The van der Waals surface area contributed by atoms with Crippen molar-refractivity contribution in [3.63, 3.8) is 0 Å². The first-order valence-corrected chi connectivity index (χ1v) is 39.0. The monoisotopic (exact) mass is 1550 g/mol. The molecule has 604 valence electrons. The highest BCUT2D eigenvalue weighted by Crippen LogP contribution is 2.39. The second-order valence-corrected chi connectivity index (χ2v) is 27.2. The molecule has 6 aromatic rings. The molecule has 2 saturated carbocycles. The van der Waals surface area contributed by atoms with E-state index in [1.807, 2.05) is 94.9 Å². The number of carbonyl (C=O) groups is 9. The first kappa shape index (κ1) is 104. The van der Waals surface area contributed by atoms with E-state index in [1.54, 1.807) is 140 Å². The molecule has 0 saturated heterocycles. The van der Waals surface area contributed by atoms with Crippen molar-refractivity contribution in [2.24, 2.45) is 11.3 Å². The fourth-order valence-electron chi connectivity index (χ4n) is 10.5. The van der Waals surface area contributed by atoms with E-state index in [1.165, 1.54) is 113 Å². The molecule has 0 amide bonds. The zero-order chi connectivity index (χ0) is 83.6. The molecule has 0 atom stereocenters. The zero-order valence-corrected chi connectivity index (χ0v) is 71.7. The maximum absolute atomic E-state index is 11.2. The van der Waals surface area contributed by atoms with E-state index in [0.717, 1.165) is 83.3 Å². The second kappa shape index (κ2) is 62.0. The molecule has 0 heterocycles. The van der Waals surface area contributed by atoms with Gasteiger partial charge < -0.3 is 42.6 Å². The molecule has 0 N–H and O–H groups in total. The number of ether oxygens (including phenoxy) is 9. The van der Waals surface area contributed by atoms with E-state index in [4.69, 9.17) is 37.9 Å². The maximum atomic E-state index is 11.2. The normalized spacial score (nSPS) is 11.7. The molecule has 0 aromatic heterocycles. The molecule has 20 heteroatoms. The van der Waals surface area contributed by atoms with Crippen LogP contribution in [0.2, 0.25) is 0 Å². The first-order valence-electron chi connectivity index (χ1n) is 36.6. The van der Waals surface area contributed by atoms with Gasteiger partial charge in [-0.1, -0.05) is 113 Å². The van der Waals surface area contributed by atoms with Gasteiger partial charge in [-0.05, 0) is 212 Å². The maximum Gasteiger partial charge on any atom is 0.302 e. The molecular formula is C89H128O18S2. The molecule has 0 aliphatic heterocycles. The number of thioether (sulfide) groups is 2. The number of aryl methyl sites for hydroxylation is 3. The number of hydrogen-bond acceptors (Lipinski definition) is 20. The van der Waals surface area contributed by atoms with Crippen LogP contribution in [-0.2, 0) is 23.9 Å². The molecule has 8 rings (SSSR count). The molecule has 18 nitrogen and oxygen atoms in total. The molecule has 2 aliphatic rings. The molecule has 0 radical (unpaired) electrons. The van der Waals surface area contributed by atoms with Crippen LogP contribution >= 0.6 is 23.5 Å². The highest BCUT2D eigenvalue weighted by Gasteiger charge is 2.31. The SMILES string of the molecule is C=CCSc1ccccc1C(C)=O.CC(=O)C1(C)CCCCC1.CC(=O)C1CCCCC1.CC(=O)c1c(C)cc(C)cc1C.CCOC(C)=O.CCOCC.CCSC.COc1cc(C(C)=O)cc(OC)c1OC.COc1ccc(C(C)=O)cc1.COc1cccc(C(C)=O)c1.COc1cccc(OC)c1C(C)=O. The quantitative estimate of drug-likeness (QED) is 0.0266. The molecular weight excluding hydrogens is 1420 g/mol. The lowest BCUT2D eigenvalue weighted by atomic mass is 9.73. The molecule has 0 bridgehead atoms. The highest BCUT2D eigenvalue weighted by atomic mass is 32.2. The van der Waals surface area contributed by atoms with E-state index < -0.39 is 0 Å². The summed E-state index contributed by atoms with van der Waals surface area (Å²) >= 11 is 3.49. The van der Waals surface area contributed by atoms with E-state index in [9.17, 15) is 43.2 Å². The Bertz CT molecular complexity index is 3580. The number of benzene rings is 6. The fourth-order valence-corrected chi connectivity index (χ4v) is 11.4. The highest BCUT2D eigenvalue weighted by molar-refractivity contribution is 7.99. The third-order valence-corrected chi connectivity index (χ3v) is 18.2. The lowest BCUT2D eigenvalue weighted by Crippen LogP contribution is -2.27. The number of ketones is 8. The summed E-state index contributed by atoms with van der Waals surface area (Å²) in [5.41, 5.74) is 7.52. The third kappa shape index (κ3) is 45.0. The van der Waals surface area contributed by atoms with Gasteiger partial charge in [0.1, 0.15) is 40.1 Å². The Labute approximate surface area is 661 Å². The van der Waals surface area contributed by atoms with Gasteiger partial charge in [0.25, 0.3) is 0 Å². The van der Waals surface area contributed by atoms with Crippen LogP contribution in [0.3, 0.4) is 0 Å². The Hall–Kier alpha value is -8.85. The smallest absolute Gasteiger partial charge is 0.302 e. The average molecular weight is 1550 g/mol. The van der Waals surface area contributed by atoms with Crippen molar-refractivity contribution >= 4 is 75.8 Å². The fraction of sp³-hybridized carbons (Fsp3) is 0.472. The topological polar surface area (TPSA) is 237 Å². The second-order valence-electron chi connectivity index (χ2n) is 25.0. The summed E-state index contributed by atoms with van der Waals surface area (Å²) in [6, 6.07) is 34.4. The molecule has 2 aliphatic carbocycles. The van der Waals surface area contributed by atoms with Crippen LogP contribution in [0.1, 0.15) is 240 Å². The van der Waals surface area contributed by atoms with Gasteiger partial charge in [0.05, 0.1) is 56.4 Å². The number of methoxy groups -OCH3 is 7. The van der Waals surface area contributed by atoms with Gasteiger partial charge in [0.2, 0.25) is 5.75 Å². The summed E-state index contributed by atoms with van der Waals surface area (Å²) < 4.78 is 44.6. The van der Waals surface area contributed by atoms with Crippen molar-refractivity contribution < 1.29 is 85.8 Å².